The van der Waals surface area contributed by atoms with Gasteiger partial charge in [-0.15, -0.1) is 0 Å². The van der Waals surface area contributed by atoms with Crippen molar-refractivity contribution in [2.45, 2.75) is 104 Å². The lowest BCUT2D eigenvalue weighted by Gasteiger charge is -2.27. The predicted octanol–water partition coefficient (Wildman–Crippen LogP) is 5.55. The van der Waals surface area contributed by atoms with Crippen LogP contribution in [0, 0.1) is 0 Å². The number of hydrogen-bond acceptors (Lipinski definition) is 6. The molecule has 6 heteroatoms. The van der Waals surface area contributed by atoms with Crippen LogP contribution < -0.4 is 0 Å². The molecule has 0 saturated heterocycles. The highest BCUT2D eigenvalue weighted by Gasteiger charge is 2.35. The summed E-state index contributed by atoms with van der Waals surface area (Å²) in [6.07, 6.45) is 1.88. The summed E-state index contributed by atoms with van der Waals surface area (Å²) in [7, 11) is 0. The molecular formula is C20H34N4OS. The Hall–Kier alpha value is -1.30. The third kappa shape index (κ3) is 4.70. The highest BCUT2D eigenvalue weighted by Crippen LogP contribution is 2.36. The maximum absolute atomic E-state index is 5.59. The van der Waals surface area contributed by atoms with E-state index < -0.39 is 0 Å². The van der Waals surface area contributed by atoms with Gasteiger partial charge in [0, 0.05) is 21.7 Å². The van der Waals surface area contributed by atoms with E-state index in [-0.39, 0.29) is 21.7 Å². The minimum atomic E-state index is -0.184. The van der Waals surface area contributed by atoms with Gasteiger partial charge in [-0.05, 0) is 24.4 Å². The minimum absolute atomic E-state index is 0.0401. The molecule has 0 saturated carbocycles. The lowest BCUT2D eigenvalue weighted by Crippen LogP contribution is -2.26. The Morgan fingerprint density at radius 1 is 0.731 bits per heavy atom. The fourth-order valence-electron chi connectivity index (χ4n) is 2.45. The van der Waals surface area contributed by atoms with Crippen LogP contribution in [0.5, 0.6) is 0 Å². The Kier molecular flexibility index (Phi) is 5.41. The summed E-state index contributed by atoms with van der Waals surface area (Å²) < 4.78 is 10.2. The number of nitrogens with zero attached hydrogens (tertiary/aromatic N) is 4. The van der Waals surface area contributed by atoms with Crippen LogP contribution >= 0.6 is 11.5 Å². The molecule has 0 fully saturated rings. The Morgan fingerprint density at radius 2 is 1.31 bits per heavy atom. The van der Waals surface area contributed by atoms with Crippen molar-refractivity contribution in [3.05, 3.63) is 22.5 Å². The molecule has 0 aliphatic carbocycles. The van der Waals surface area contributed by atoms with Crippen molar-refractivity contribution >= 4 is 11.5 Å². The molecule has 0 atom stereocenters. The van der Waals surface area contributed by atoms with E-state index in [0.29, 0.717) is 5.89 Å². The van der Waals surface area contributed by atoms with Crippen molar-refractivity contribution in [3.8, 4) is 0 Å². The van der Waals surface area contributed by atoms with Crippen LogP contribution in [0.1, 0.15) is 105 Å². The van der Waals surface area contributed by atoms with Crippen LogP contribution in [0.3, 0.4) is 0 Å². The highest BCUT2D eigenvalue weighted by atomic mass is 32.1. The molecular weight excluding hydrogens is 344 g/mol. The Bertz CT molecular complexity index is 680. The number of aromatic nitrogens is 4. The predicted molar refractivity (Wildman–Crippen MR) is 107 cm³/mol. The summed E-state index contributed by atoms with van der Waals surface area (Å²) in [5, 5.41) is 5.27. The summed E-state index contributed by atoms with van der Waals surface area (Å²) in [6.45, 7) is 21.6. The van der Waals surface area contributed by atoms with Crippen molar-refractivity contribution in [3.63, 3.8) is 0 Å². The highest BCUT2D eigenvalue weighted by molar-refractivity contribution is 7.05. The molecule has 2 rings (SSSR count). The van der Waals surface area contributed by atoms with E-state index in [2.05, 4.69) is 83.8 Å². The molecule has 2 aromatic heterocycles. The van der Waals surface area contributed by atoms with Crippen LogP contribution in [0.4, 0.5) is 0 Å². The zero-order chi connectivity index (χ0) is 20.0. The molecule has 0 unspecified atom stereocenters. The van der Waals surface area contributed by atoms with E-state index in [1.807, 2.05) is 0 Å². The van der Waals surface area contributed by atoms with Crippen molar-refractivity contribution in [1.82, 2.24) is 19.5 Å². The largest absolute Gasteiger partial charge is 0.339 e. The van der Waals surface area contributed by atoms with Crippen molar-refractivity contribution in [2.24, 2.45) is 0 Å². The molecule has 0 aromatic carbocycles. The first-order chi connectivity index (χ1) is 11.6. The Balaban J connectivity index is 2.12. The number of hydrogen-bond donors (Lipinski definition) is 0. The monoisotopic (exact) mass is 378 g/mol. The van der Waals surface area contributed by atoms with Gasteiger partial charge in [0.1, 0.15) is 10.8 Å². The summed E-state index contributed by atoms with van der Waals surface area (Å²) in [4.78, 5) is 9.48. The fourth-order valence-corrected chi connectivity index (χ4v) is 3.31. The van der Waals surface area contributed by atoms with E-state index in [4.69, 9.17) is 9.51 Å². The quantitative estimate of drug-likeness (QED) is 0.682. The zero-order valence-corrected chi connectivity index (χ0v) is 18.8. The van der Waals surface area contributed by atoms with Gasteiger partial charge in [-0.1, -0.05) is 74.4 Å². The average molecular weight is 379 g/mol. The zero-order valence-electron chi connectivity index (χ0n) is 18.0. The van der Waals surface area contributed by atoms with Crippen LogP contribution in [0.15, 0.2) is 4.52 Å². The van der Waals surface area contributed by atoms with Crippen LogP contribution in [0.25, 0.3) is 0 Å². The van der Waals surface area contributed by atoms with E-state index in [1.54, 1.807) is 0 Å². The van der Waals surface area contributed by atoms with Gasteiger partial charge in [0.15, 0.2) is 5.82 Å². The Morgan fingerprint density at radius 3 is 1.77 bits per heavy atom. The SMILES string of the molecule is CC(C)(C)c1noc(C(C)(C)CCC(C)(C)c2nsc(C(C)(C)C)n2)n1. The van der Waals surface area contributed by atoms with E-state index >= 15 is 0 Å². The summed E-state index contributed by atoms with van der Waals surface area (Å²) in [6, 6.07) is 0. The van der Waals surface area contributed by atoms with Gasteiger partial charge in [0.25, 0.3) is 0 Å². The molecule has 146 valence electrons. The second kappa shape index (κ2) is 6.70. The fraction of sp³-hybridized carbons (Fsp3) is 0.800. The lowest BCUT2D eigenvalue weighted by atomic mass is 9.78. The molecule has 0 N–H and O–H groups in total. The molecule has 0 spiro atoms. The maximum Gasteiger partial charge on any atom is 0.232 e. The summed E-state index contributed by atoms with van der Waals surface area (Å²) in [5.74, 6) is 2.40. The first-order valence-corrected chi connectivity index (χ1v) is 10.1. The molecule has 0 aliphatic rings. The van der Waals surface area contributed by atoms with Crippen molar-refractivity contribution in [2.75, 3.05) is 0 Å². The van der Waals surface area contributed by atoms with Gasteiger partial charge >= 0.3 is 0 Å². The van der Waals surface area contributed by atoms with Gasteiger partial charge in [-0.3, -0.25) is 0 Å². The van der Waals surface area contributed by atoms with Crippen molar-refractivity contribution in [1.29, 1.82) is 0 Å². The topological polar surface area (TPSA) is 64.7 Å². The standard InChI is InChI=1S/C20H34N4OS/c1-17(2,3)13-21-15(25-23-13)20(9,10)12-11-19(7,8)14-22-16(26-24-14)18(4,5)6/h11-12H2,1-10H3. The third-order valence-corrected chi connectivity index (χ3v) is 5.86. The summed E-state index contributed by atoms with van der Waals surface area (Å²) in [5.41, 5.74) is -0.343. The molecule has 0 radical (unpaired) electrons. The first kappa shape index (κ1) is 21.0. The maximum atomic E-state index is 5.59. The third-order valence-electron chi connectivity index (χ3n) is 4.72. The van der Waals surface area contributed by atoms with E-state index in [1.165, 1.54) is 11.5 Å². The van der Waals surface area contributed by atoms with E-state index in [9.17, 15) is 0 Å². The van der Waals surface area contributed by atoms with Crippen LogP contribution in [-0.4, -0.2) is 19.5 Å². The minimum Gasteiger partial charge on any atom is -0.339 e. The van der Waals surface area contributed by atoms with Gasteiger partial charge < -0.3 is 4.52 Å². The molecule has 5 nitrogen and oxygen atoms in total. The molecule has 2 heterocycles. The van der Waals surface area contributed by atoms with Crippen LogP contribution in [0.2, 0.25) is 0 Å². The Labute approximate surface area is 162 Å². The van der Waals surface area contributed by atoms with Gasteiger partial charge in [-0.2, -0.15) is 9.36 Å². The number of rotatable bonds is 5. The normalized spacial score (nSPS) is 14.1. The molecule has 2 aromatic rings. The smallest absolute Gasteiger partial charge is 0.232 e. The summed E-state index contributed by atoms with van der Waals surface area (Å²) >= 11 is 1.52. The molecule has 0 amide bonds. The van der Waals surface area contributed by atoms with Gasteiger partial charge in [0.05, 0.1) is 0 Å². The average Bonchev–Trinajstić information content (AvgIpc) is 3.13. The first-order valence-electron chi connectivity index (χ1n) is 9.32. The van der Waals surface area contributed by atoms with Crippen LogP contribution in [-0.2, 0) is 21.7 Å². The van der Waals surface area contributed by atoms with Gasteiger partial charge in [0.2, 0.25) is 5.89 Å². The lowest BCUT2D eigenvalue weighted by molar-refractivity contribution is 0.271. The molecule has 26 heavy (non-hydrogen) atoms. The second-order valence-corrected chi connectivity index (χ2v) is 11.4. The molecule has 0 bridgehead atoms. The van der Waals surface area contributed by atoms with E-state index in [0.717, 1.165) is 29.5 Å². The van der Waals surface area contributed by atoms with Crippen molar-refractivity contribution < 1.29 is 4.52 Å². The second-order valence-electron chi connectivity index (χ2n) is 10.6. The molecule has 0 aliphatic heterocycles. The van der Waals surface area contributed by atoms with Gasteiger partial charge in [-0.25, -0.2) is 4.98 Å².